The molecule has 6 nitrogen and oxygen atoms in total. The van der Waals surface area contributed by atoms with E-state index in [0.29, 0.717) is 6.04 Å². The van der Waals surface area contributed by atoms with Gasteiger partial charge in [-0.05, 0) is 36.6 Å². The minimum atomic E-state index is 0.701. The molecule has 0 radical (unpaired) electrons. The molecule has 0 aliphatic carbocycles. The van der Waals surface area contributed by atoms with Gasteiger partial charge >= 0.3 is 0 Å². The van der Waals surface area contributed by atoms with Gasteiger partial charge in [0.15, 0.2) is 0 Å². The van der Waals surface area contributed by atoms with Gasteiger partial charge in [-0.1, -0.05) is 6.07 Å². The number of hydrogen-bond donors (Lipinski definition) is 2. The van der Waals surface area contributed by atoms with Crippen molar-refractivity contribution in [2.75, 3.05) is 29.9 Å². The van der Waals surface area contributed by atoms with E-state index in [1.165, 1.54) is 17.5 Å². The first-order valence-corrected chi connectivity index (χ1v) is 8.98. The number of piperidine rings is 1. The summed E-state index contributed by atoms with van der Waals surface area (Å²) in [5, 5.41) is 6.94. The Kier molecular flexibility index (Phi) is 3.45. The summed E-state index contributed by atoms with van der Waals surface area (Å²) in [4.78, 5) is 16.1. The van der Waals surface area contributed by atoms with Crippen molar-refractivity contribution in [3.05, 3.63) is 41.1 Å². The van der Waals surface area contributed by atoms with Crippen molar-refractivity contribution in [1.29, 1.82) is 0 Å². The predicted octanol–water partition coefficient (Wildman–Crippen LogP) is 2.26. The minimum absolute atomic E-state index is 0.701. The molecule has 1 aromatic heterocycles. The zero-order valence-corrected chi connectivity index (χ0v) is 14.4. The molecule has 2 fully saturated rings. The van der Waals surface area contributed by atoms with Crippen LogP contribution >= 0.6 is 0 Å². The molecule has 0 spiro atoms. The van der Waals surface area contributed by atoms with Crippen LogP contribution < -0.4 is 15.5 Å². The number of aryl methyl sites for hydroxylation is 1. The smallest absolute Gasteiger partial charge is 0.227 e. The van der Waals surface area contributed by atoms with Crippen LogP contribution in [0.25, 0.3) is 0 Å². The fourth-order valence-corrected chi connectivity index (χ4v) is 3.92. The lowest BCUT2D eigenvalue weighted by atomic mass is 9.85. The molecule has 2 saturated heterocycles. The van der Waals surface area contributed by atoms with Crippen LogP contribution in [-0.4, -0.2) is 41.9 Å². The van der Waals surface area contributed by atoms with E-state index in [-0.39, 0.29) is 0 Å². The van der Waals surface area contributed by atoms with Crippen molar-refractivity contribution in [2.24, 2.45) is 10.9 Å². The maximum Gasteiger partial charge on any atom is 0.227 e. The van der Waals surface area contributed by atoms with Gasteiger partial charge in [0.25, 0.3) is 0 Å². The third-order valence-electron chi connectivity index (χ3n) is 5.41. The first kappa shape index (κ1) is 14.8. The van der Waals surface area contributed by atoms with Gasteiger partial charge in [-0.3, -0.25) is 4.99 Å². The lowest BCUT2D eigenvalue weighted by Gasteiger charge is -2.46. The number of hydrogen-bond acceptors (Lipinski definition) is 6. The number of nitrogens with one attached hydrogen (secondary N) is 2. The van der Waals surface area contributed by atoms with Gasteiger partial charge in [-0.2, -0.15) is 4.98 Å². The molecule has 0 bridgehead atoms. The van der Waals surface area contributed by atoms with Gasteiger partial charge in [-0.25, -0.2) is 4.98 Å². The van der Waals surface area contributed by atoms with E-state index in [9.17, 15) is 0 Å². The number of aliphatic imine (C=N–C) groups is 1. The van der Waals surface area contributed by atoms with Crippen molar-refractivity contribution in [3.63, 3.8) is 0 Å². The Balaban J connectivity index is 1.38. The lowest BCUT2D eigenvalue weighted by Crippen LogP contribution is -2.61. The summed E-state index contributed by atoms with van der Waals surface area (Å²) < 4.78 is 0. The average molecular weight is 334 g/mol. The number of rotatable bonds is 3. The van der Waals surface area contributed by atoms with Crippen LogP contribution in [0.5, 0.6) is 0 Å². The Bertz CT molecular complexity index is 846. The molecule has 0 saturated carbocycles. The molecule has 2 unspecified atom stereocenters. The average Bonchev–Trinajstić information content (AvgIpc) is 3.03. The maximum atomic E-state index is 4.78. The summed E-state index contributed by atoms with van der Waals surface area (Å²) in [5.74, 6) is 2.44. The van der Waals surface area contributed by atoms with E-state index in [0.717, 1.165) is 55.2 Å². The second-order valence-corrected chi connectivity index (χ2v) is 7.21. The lowest BCUT2D eigenvalue weighted by molar-refractivity contribution is 0.197. The number of fused-ring (bicyclic) bond motifs is 2. The van der Waals surface area contributed by atoms with Gasteiger partial charge in [0.05, 0.1) is 6.54 Å². The molecule has 25 heavy (non-hydrogen) atoms. The predicted molar refractivity (Wildman–Crippen MR) is 99.9 cm³/mol. The monoisotopic (exact) mass is 334 g/mol. The topological polar surface area (TPSA) is 65.4 Å². The molecule has 0 amide bonds. The van der Waals surface area contributed by atoms with Gasteiger partial charge in [0.1, 0.15) is 5.82 Å². The molecule has 1 aromatic carbocycles. The Hall–Kier alpha value is -2.47. The van der Waals surface area contributed by atoms with Crippen molar-refractivity contribution < 1.29 is 0 Å². The van der Waals surface area contributed by atoms with Gasteiger partial charge < -0.3 is 15.5 Å². The third-order valence-corrected chi connectivity index (χ3v) is 5.41. The highest BCUT2D eigenvalue weighted by Crippen LogP contribution is 2.27. The molecule has 5 rings (SSSR count). The third kappa shape index (κ3) is 2.76. The van der Waals surface area contributed by atoms with E-state index >= 15 is 0 Å². The summed E-state index contributed by atoms with van der Waals surface area (Å²) in [6.45, 7) is 6.01. The largest absolute Gasteiger partial charge is 0.340 e. The fourth-order valence-electron chi connectivity index (χ4n) is 3.92. The zero-order chi connectivity index (χ0) is 16.8. The number of nitrogens with zero attached hydrogens (tertiary/aromatic N) is 4. The van der Waals surface area contributed by atoms with Crippen molar-refractivity contribution in [2.45, 2.75) is 25.9 Å². The normalized spacial score (nSPS) is 23.8. The Morgan fingerprint density at radius 1 is 1.24 bits per heavy atom. The number of anilines is 3. The van der Waals surface area contributed by atoms with Crippen LogP contribution in [0.2, 0.25) is 0 Å². The van der Waals surface area contributed by atoms with Crippen LogP contribution in [-0.2, 0) is 6.54 Å². The van der Waals surface area contributed by atoms with E-state index < -0.39 is 0 Å². The fraction of sp³-hybridized carbons (Fsp3) is 0.421. The standard InChI is InChI=1S/C19H22N6/c1-12-6-18(23-16-3-2-13-8-20-9-14(13)7-16)24-19(22-12)25-5-4-17-15(11-25)10-21-17/h2-3,6-7,9,15,17,21H,4-5,8,10-11H2,1H3,(H,22,23,24). The van der Waals surface area contributed by atoms with Crippen molar-refractivity contribution in [3.8, 4) is 0 Å². The molecule has 6 heteroatoms. The number of benzene rings is 1. The molecule has 3 aliphatic heterocycles. The zero-order valence-electron chi connectivity index (χ0n) is 14.4. The van der Waals surface area contributed by atoms with Gasteiger partial charge in [0, 0.05) is 55.3 Å². The molecule has 4 heterocycles. The molecule has 128 valence electrons. The highest BCUT2D eigenvalue weighted by Gasteiger charge is 2.36. The Morgan fingerprint density at radius 2 is 2.20 bits per heavy atom. The summed E-state index contributed by atoms with van der Waals surface area (Å²) in [7, 11) is 0. The highest BCUT2D eigenvalue weighted by molar-refractivity contribution is 5.86. The van der Waals surface area contributed by atoms with Crippen molar-refractivity contribution in [1.82, 2.24) is 15.3 Å². The SMILES string of the molecule is Cc1cc(Nc2ccc3c(c2)C=NC3)nc(N2CCC3NCC3C2)n1. The molecule has 2 N–H and O–H groups in total. The summed E-state index contributed by atoms with van der Waals surface area (Å²) >= 11 is 0. The van der Waals surface area contributed by atoms with Crippen LogP contribution in [0, 0.1) is 12.8 Å². The quantitative estimate of drug-likeness (QED) is 0.901. The first-order valence-electron chi connectivity index (χ1n) is 8.98. The molecular weight excluding hydrogens is 312 g/mol. The van der Waals surface area contributed by atoms with Crippen LogP contribution in [0.3, 0.4) is 0 Å². The molecule has 2 aromatic rings. The highest BCUT2D eigenvalue weighted by atomic mass is 15.3. The second-order valence-electron chi connectivity index (χ2n) is 7.21. The molecule has 2 atom stereocenters. The second kappa shape index (κ2) is 5.81. The van der Waals surface area contributed by atoms with E-state index in [4.69, 9.17) is 4.98 Å². The number of aromatic nitrogens is 2. The van der Waals surface area contributed by atoms with E-state index in [1.54, 1.807) is 0 Å². The minimum Gasteiger partial charge on any atom is -0.340 e. The summed E-state index contributed by atoms with van der Waals surface area (Å²) in [5.41, 5.74) is 4.50. The van der Waals surface area contributed by atoms with E-state index in [1.807, 2.05) is 19.2 Å². The maximum absolute atomic E-state index is 4.78. The first-order chi connectivity index (χ1) is 12.2. The Morgan fingerprint density at radius 3 is 3.04 bits per heavy atom. The van der Waals surface area contributed by atoms with Crippen LogP contribution in [0.4, 0.5) is 17.5 Å². The van der Waals surface area contributed by atoms with Crippen molar-refractivity contribution >= 4 is 23.7 Å². The van der Waals surface area contributed by atoms with Gasteiger partial charge in [0.2, 0.25) is 5.95 Å². The summed E-state index contributed by atoms with van der Waals surface area (Å²) in [6, 6.07) is 9.06. The summed E-state index contributed by atoms with van der Waals surface area (Å²) in [6.07, 6.45) is 3.11. The van der Waals surface area contributed by atoms with Crippen LogP contribution in [0.15, 0.2) is 29.3 Å². The molecule has 3 aliphatic rings. The van der Waals surface area contributed by atoms with Crippen LogP contribution in [0.1, 0.15) is 23.2 Å². The van der Waals surface area contributed by atoms with E-state index in [2.05, 4.69) is 43.7 Å². The van der Waals surface area contributed by atoms with Gasteiger partial charge in [-0.15, -0.1) is 0 Å². The molecular formula is C19H22N6. The Labute approximate surface area is 147 Å².